The number of H-pyrrole nitrogens is 1. The molecule has 8 nitrogen and oxygen atoms in total. The van der Waals surface area contributed by atoms with Gasteiger partial charge in [0.2, 0.25) is 11.7 Å². The van der Waals surface area contributed by atoms with Gasteiger partial charge in [-0.1, -0.05) is 0 Å². The average molecular weight is 455 g/mol. The number of hydrogen-bond donors (Lipinski definition) is 3. The Hall–Kier alpha value is -3.66. The quantitative estimate of drug-likeness (QED) is 0.453. The molecule has 2 amide bonds. The van der Waals surface area contributed by atoms with Gasteiger partial charge in [-0.25, -0.2) is 13.8 Å². The monoisotopic (exact) mass is 455 g/mol. The van der Waals surface area contributed by atoms with Gasteiger partial charge in [-0.2, -0.15) is 0 Å². The number of ketones is 1. The first kappa shape index (κ1) is 22.5. The lowest BCUT2D eigenvalue weighted by atomic mass is 10.00. The molecule has 0 atom stereocenters. The smallest absolute Gasteiger partial charge is 0.251 e. The van der Waals surface area contributed by atoms with Crippen LogP contribution in [-0.2, 0) is 4.79 Å². The van der Waals surface area contributed by atoms with Crippen LogP contribution in [0.15, 0.2) is 30.6 Å². The molecule has 1 aliphatic carbocycles. The summed E-state index contributed by atoms with van der Waals surface area (Å²) in [7, 11) is 3.66. The zero-order valence-corrected chi connectivity index (χ0v) is 18.2. The van der Waals surface area contributed by atoms with Crippen LogP contribution in [0, 0.1) is 17.6 Å². The van der Waals surface area contributed by atoms with E-state index in [1.54, 1.807) is 0 Å². The molecule has 0 aliphatic heterocycles. The lowest BCUT2D eigenvalue weighted by Gasteiger charge is -2.11. The number of halogens is 2. The number of nitrogens with zero attached hydrogens (tertiary/aromatic N) is 2. The number of hydrogen-bond acceptors (Lipinski definition) is 5. The van der Waals surface area contributed by atoms with Crippen molar-refractivity contribution in [2.24, 2.45) is 5.92 Å². The van der Waals surface area contributed by atoms with Crippen LogP contribution >= 0.6 is 0 Å². The highest BCUT2D eigenvalue weighted by atomic mass is 19.1. The number of carbonyl (C=O) groups is 3. The lowest BCUT2D eigenvalue weighted by molar-refractivity contribution is -0.117. The highest BCUT2D eigenvalue weighted by Gasteiger charge is 2.30. The number of benzene rings is 1. The van der Waals surface area contributed by atoms with Gasteiger partial charge in [0.05, 0.1) is 11.1 Å². The minimum absolute atomic E-state index is 0.0234. The summed E-state index contributed by atoms with van der Waals surface area (Å²) in [5.74, 6) is -3.75. The molecular weight excluding hydrogens is 432 g/mol. The van der Waals surface area contributed by atoms with Crippen LogP contribution < -0.4 is 10.6 Å². The van der Waals surface area contributed by atoms with Crippen LogP contribution in [0.5, 0.6) is 0 Å². The van der Waals surface area contributed by atoms with E-state index in [0.717, 1.165) is 25.0 Å². The molecule has 2 aromatic heterocycles. The molecule has 0 radical (unpaired) electrons. The molecule has 0 saturated heterocycles. The number of nitrogens with one attached hydrogen (secondary N) is 3. The van der Waals surface area contributed by atoms with Gasteiger partial charge in [-0.3, -0.25) is 14.4 Å². The summed E-state index contributed by atoms with van der Waals surface area (Å²) in [6.07, 6.45) is 4.36. The Balaban J connectivity index is 1.60. The van der Waals surface area contributed by atoms with Crippen LogP contribution in [0.3, 0.4) is 0 Å². The molecule has 1 fully saturated rings. The van der Waals surface area contributed by atoms with Gasteiger partial charge in [0.15, 0.2) is 5.82 Å². The molecule has 172 valence electrons. The maximum absolute atomic E-state index is 14.8. The second kappa shape index (κ2) is 9.07. The normalized spacial score (nSPS) is 13.4. The molecule has 33 heavy (non-hydrogen) atoms. The third-order valence-electron chi connectivity index (χ3n) is 5.41. The van der Waals surface area contributed by atoms with Crippen molar-refractivity contribution in [2.75, 3.05) is 32.5 Å². The Labute approximate surface area is 188 Å². The molecule has 10 heteroatoms. The summed E-state index contributed by atoms with van der Waals surface area (Å²) >= 11 is 0. The van der Waals surface area contributed by atoms with Crippen molar-refractivity contribution >= 4 is 34.3 Å². The highest BCUT2D eigenvalue weighted by Crippen LogP contribution is 2.32. The fourth-order valence-corrected chi connectivity index (χ4v) is 3.45. The Morgan fingerprint density at radius 3 is 2.52 bits per heavy atom. The summed E-state index contributed by atoms with van der Waals surface area (Å²) in [6.45, 7) is 0.866. The van der Waals surface area contributed by atoms with Gasteiger partial charge in [0, 0.05) is 47.9 Å². The van der Waals surface area contributed by atoms with E-state index in [1.165, 1.54) is 18.5 Å². The first-order chi connectivity index (χ1) is 15.8. The molecule has 2 heterocycles. The number of aromatic nitrogens is 2. The van der Waals surface area contributed by atoms with E-state index in [4.69, 9.17) is 0 Å². The van der Waals surface area contributed by atoms with E-state index in [1.807, 2.05) is 19.0 Å². The molecular formula is C23H23F2N5O3. The first-order valence-electron chi connectivity index (χ1n) is 10.5. The summed E-state index contributed by atoms with van der Waals surface area (Å²) in [6, 6.07) is 3.21. The van der Waals surface area contributed by atoms with Crippen molar-refractivity contribution in [2.45, 2.75) is 12.8 Å². The Kier molecular flexibility index (Phi) is 6.19. The van der Waals surface area contributed by atoms with E-state index in [2.05, 4.69) is 20.6 Å². The maximum Gasteiger partial charge on any atom is 0.251 e. The fourth-order valence-electron chi connectivity index (χ4n) is 3.45. The minimum atomic E-state index is -1.14. The second-order valence-electron chi connectivity index (χ2n) is 8.25. The van der Waals surface area contributed by atoms with E-state index in [0.29, 0.717) is 24.0 Å². The fraction of sp³-hybridized carbons (Fsp3) is 0.304. The third kappa shape index (κ3) is 4.75. The minimum Gasteiger partial charge on any atom is -0.357 e. The topological polar surface area (TPSA) is 107 Å². The second-order valence-corrected chi connectivity index (χ2v) is 8.25. The van der Waals surface area contributed by atoms with Crippen molar-refractivity contribution in [3.63, 3.8) is 0 Å². The number of carbonyl (C=O) groups excluding carboxylic acids is 3. The molecule has 1 aliphatic rings. The molecule has 0 unspecified atom stereocenters. The molecule has 0 spiro atoms. The zero-order chi connectivity index (χ0) is 23.7. The summed E-state index contributed by atoms with van der Waals surface area (Å²) < 4.78 is 29.6. The Morgan fingerprint density at radius 2 is 1.88 bits per heavy atom. The van der Waals surface area contributed by atoms with Gasteiger partial charge >= 0.3 is 0 Å². The van der Waals surface area contributed by atoms with Gasteiger partial charge in [-0.05, 0) is 45.1 Å². The van der Waals surface area contributed by atoms with Crippen molar-refractivity contribution in [3.8, 4) is 0 Å². The first-order valence-corrected chi connectivity index (χ1v) is 10.5. The lowest BCUT2D eigenvalue weighted by Crippen LogP contribution is -2.31. The van der Waals surface area contributed by atoms with Gasteiger partial charge in [0.25, 0.3) is 5.91 Å². The predicted octanol–water partition coefficient (Wildman–Crippen LogP) is 2.71. The molecule has 3 aromatic rings. The molecule has 0 bridgehead atoms. The standard InChI is InChI=1S/C23H23F2N5O3/c1-30(2)8-7-27-22(32)13-9-16(24)18(17(25)10-13)20(31)15-11-28-19-14(15)5-6-26-21(19)29-23(33)12-3-4-12/h5-6,9-12,28H,3-4,7-8H2,1-2H3,(H,27,32)(H,26,29,33). The molecule has 1 saturated carbocycles. The molecule has 1 aromatic carbocycles. The number of rotatable bonds is 8. The Morgan fingerprint density at radius 1 is 1.18 bits per heavy atom. The molecule has 4 rings (SSSR count). The number of anilines is 1. The number of likely N-dealkylation sites (N-methyl/N-ethyl adjacent to an activating group) is 1. The number of aromatic amines is 1. The van der Waals surface area contributed by atoms with Crippen molar-refractivity contribution < 1.29 is 23.2 Å². The third-order valence-corrected chi connectivity index (χ3v) is 5.41. The van der Waals surface area contributed by atoms with Crippen LogP contribution in [0.2, 0.25) is 0 Å². The van der Waals surface area contributed by atoms with Crippen molar-refractivity contribution in [1.29, 1.82) is 0 Å². The predicted molar refractivity (Wildman–Crippen MR) is 118 cm³/mol. The van der Waals surface area contributed by atoms with E-state index in [-0.39, 0.29) is 28.8 Å². The van der Waals surface area contributed by atoms with E-state index < -0.39 is 28.9 Å². The van der Waals surface area contributed by atoms with E-state index in [9.17, 15) is 23.2 Å². The molecule has 3 N–H and O–H groups in total. The summed E-state index contributed by atoms with van der Waals surface area (Å²) in [5.41, 5.74) is -0.572. The van der Waals surface area contributed by atoms with Crippen LogP contribution in [0.4, 0.5) is 14.6 Å². The average Bonchev–Trinajstić information content (AvgIpc) is 3.52. The summed E-state index contributed by atoms with van der Waals surface area (Å²) in [5, 5.41) is 5.66. The van der Waals surface area contributed by atoms with Crippen LogP contribution in [-0.4, -0.2) is 59.7 Å². The number of amides is 2. The summed E-state index contributed by atoms with van der Waals surface area (Å²) in [4.78, 5) is 46.2. The van der Waals surface area contributed by atoms with Gasteiger partial charge in [-0.15, -0.1) is 0 Å². The highest BCUT2D eigenvalue weighted by molar-refractivity contribution is 6.18. The SMILES string of the molecule is CN(C)CCNC(=O)c1cc(F)c(C(=O)c2c[nH]c3c(NC(=O)C4CC4)nccc23)c(F)c1. The largest absolute Gasteiger partial charge is 0.357 e. The van der Waals surface area contributed by atoms with Crippen molar-refractivity contribution in [3.05, 3.63) is 58.9 Å². The van der Waals surface area contributed by atoms with E-state index >= 15 is 0 Å². The van der Waals surface area contributed by atoms with Crippen LogP contribution in [0.1, 0.15) is 39.1 Å². The maximum atomic E-state index is 14.8. The van der Waals surface area contributed by atoms with Crippen molar-refractivity contribution in [1.82, 2.24) is 20.2 Å². The number of fused-ring (bicyclic) bond motifs is 1. The zero-order valence-electron chi connectivity index (χ0n) is 18.2. The van der Waals surface area contributed by atoms with Gasteiger partial charge < -0.3 is 20.5 Å². The van der Waals surface area contributed by atoms with Gasteiger partial charge in [0.1, 0.15) is 11.6 Å². The number of pyridine rings is 1. The Bertz CT molecular complexity index is 1230. The van der Waals surface area contributed by atoms with Crippen LogP contribution in [0.25, 0.3) is 10.9 Å².